The van der Waals surface area contributed by atoms with Gasteiger partial charge in [-0.05, 0) is 47.4 Å². The summed E-state index contributed by atoms with van der Waals surface area (Å²) in [4.78, 5) is 1.63. The molecule has 0 spiro atoms. The number of alkyl halides is 3. The average Bonchev–Trinajstić information content (AvgIpc) is 2.35. The maximum atomic E-state index is 13.8. The second-order valence-corrected chi connectivity index (χ2v) is 6.24. The van der Waals surface area contributed by atoms with Gasteiger partial charge in [0.2, 0.25) is 0 Å². The molecule has 1 fully saturated rings. The predicted octanol–water partition coefficient (Wildman–Crippen LogP) is 5.02. The van der Waals surface area contributed by atoms with Crippen molar-refractivity contribution in [3.63, 3.8) is 0 Å². The maximum Gasteiger partial charge on any atom is 0.393 e. The van der Waals surface area contributed by atoms with E-state index < -0.39 is 17.9 Å². The number of rotatable bonds is 2. The van der Waals surface area contributed by atoms with Crippen molar-refractivity contribution in [2.75, 3.05) is 13.1 Å². The fourth-order valence-corrected chi connectivity index (χ4v) is 2.89. The third-order valence-corrected chi connectivity index (χ3v) is 4.65. The average molecular weight is 375 g/mol. The van der Waals surface area contributed by atoms with Crippen molar-refractivity contribution in [3.05, 3.63) is 33.0 Å². The summed E-state index contributed by atoms with van der Waals surface area (Å²) in [5, 5.41) is 0.353. The summed E-state index contributed by atoms with van der Waals surface area (Å²) >= 11 is 9.00. The van der Waals surface area contributed by atoms with Crippen molar-refractivity contribution in [2.24, 2.45) is 5.92 Å². The molecular formula is C13H13BrClF4N. The quantitative estimate of drug-likeness (QED) is 0.519. The van der Waals surface area contributed by atoms with Crippen LogP contribution in [0, 0.1) is 11.7 Å². The minimum atomic E-state index is -4.19. The summed E-state index contributed by atoms with van der Waals surface area (Å²) in [5.74, 6) is -1.79. The van der Waals surface area contributed by atoms with Crippen LogP contribution in [0.1, 0.15) is 18.4 Å². The first kappa shape index (κ1) is 16.0. The first-order valence-corrected chi connectivity index (χ1v) is 7.37. The molecule has 20 heavy (non-hydrogen) atoms. The maximum absolute atomic E-state index is 13.8. The van der Waals surface area contributed by atoms with Gasteiger partial charge in [0.05, 0.1) is 10.9 Å². The SMILES string of the molecule is Fc1cc(Br)c(Cl)cc1CN1CCCC(C(F)(F)F)C1. The van der Waals surface area contributed by atoms with Gasteiger partial charge in [0.25, 0.3) is 0 Å². The zero-order valence-electron chi connectivity index (χ0n) is 10.5. The van der Waals surface area contributed by atoms with E-state index in [0.717, 1.165) is 0 Å². The van der Waals surface area contributed by atoms with E-state index in [0.29, 0.717) is 28.0 Å². The normalized spacial score (nSPS) is 21.2. The van der Waals surface area contributed by atoms with Gasteiger partial charge in [-0.25, -0.2) is 4.39 Å². The zero-order chi connectivity index (χ0) is 14.9. The summed E-state index contributed by atoms with van der Waals surface area (Å²) in [6.45, 7) is 0.599. The minimum absolute atomic E-state index is 0.0867. The molecule has 1 unspecified atom stereocenters. The Morgan fingerprint density at radius 1 is 1.35 bits per heavy atom. The Hall–Kier alpha value is -0.330. The highest BCUT2D eigenvalue weighted by Crippen LogP contribution is 2.34. The molecule has 1 saturated heterocycles. The Morgan fingerprint density at radius 2 is 2.05 bits per heavy atom. The van der Waals surface area contributed by atoms with E-state index in [1.54, 1.807) is 4.90 Å². The predicted molar refractivity (Wildman–Crippen MR) is 73.2 cm³/mol. The van der Waals surface area contributed by atoms with Gasteiger partial charge in [-0.1, -0.05) is 11.6 Å². The van der Waals surface area contributed by atoms with Gasteiger partial charge in [0.15, 0.2) is 0 Å². The standard InChI is InChI=1S/C13H13BrClF4N/c14-10-5-12(16)8(4-11(10)15)6-20-3-1-2-9(7-20)13(17,18)19/h4-5,9H,1-3,6-7H2. The molecule has 1 aliphatic heterocycles. The molecule has 0 amide bonds. The van der Waals surface area contributed by atoms with Crippen LogP contribution in [0.5, 0.6) is 0 Å². The van der Waals surface area contributed by atoms with Crippen LogP contribution in [0.25, 0.3) is 0 Å². The molecule has 0 N–H and O–H groups in total. The molecular weight excluding hydrogens is 361 g/mol. The summed E-state index contributed by atoms with van der Waals surface area (Å²) in [5.41, 5.74) is 0.320. The number of halogens is 6. The lowest BCUT2D eigenvalue weighted by atomic mass is 9.97. The number of piperidine rings is 1. The fraction of sp³-hybridized carbons (Fsp3) is 0.538. The minimum Gasteiger partial charge on any atom is -0.298 e. The van der Waals surface area contributed by atoms with Crippen molar-refractivity contribution in [3.8, 4) is 0 Å². The van der Waals surface area contributed by atoms with Crippen LogP contribution in [0.4, 0.5) is 17.6 Å². The third-order valence-electron chi connectivity index (χ3n) is 3.45. The largest absolute Gasteiger partial charge is 0.393 e. The number of hydrogen-bond donors (Lipinski definition) is 0. The number of nitrogens with zero attached hydrogens (tertiary/aromatic N) is 1. The van der Waals surface area contributed by atoms with Gasteiger partial charge in [0, 0.05) is 23.1 Å². The Labute approximate surface area is 128 Å². The molecule has 1 aromatic rings. The summed E-state index contributed by atoms with van der Waals surface area (Å²) in [7, 11) is 0. The summed E-state index contributed by atoms with van der Waals surface area (Å²) in [6.07, 6.45) is -3.58. The van der Waals surface area contributed by atoms with E-state index in [2.05, 4.69) is 15.9 Å². The second kappa shape index (κ2) is 6.20. The smallest absolute Gasteiger partial charge is 0.298 e. The van der Waals surface area contributed by atoms with Crippen LogP contribution in [0.2, 0.25) is 5.02 Å². The molecule has 0 aliphatic carbocycles. The molecule has 112 valence electrons. The van der Waals surface area contributed by atoms with Gasteiger partial charge in [-0.2, -0.15) is 13.2 Å². The van der Waals surface area contributed by atoms with E-state index in [9.17, 15) is 17.6 Å². The van der Waals surface area contributed by atoms with Crippen LogP contribution in [-0.4, -0.2) is 24.2 Å². The van der Waals surface area contributed by atoms with Gasteiger partial charge >= 0.3 is 6.18 Å². The molecule has 0 aromatic heterocycles. The van der Waals surface area contributed by atoms with E-state index in [1.807, 2.05) is 0 Å². The molecule has 1 aromatic carbocycles. The second-order valence-electron chi connectivity index (χ2n) is 4.97. The van der Waals surface area contributed by atoms with Crippen molar-refractivity contribution in [2.45, 2.75) is 25.6 Å². The number of hydrogen-bond acceptors (Lipinski definition) is 1. The molecule has 2 rings (SSSR count). The number of benzene rings is 1. The van der Waals surface area contributed by atoms with Crippen LogP contribution in [0.3, 0.4) is 0 Å². The lowest BCUT2D eigenvalue weighted by molar-refractivity contribution is -0.187. The highest BCUT2D eigenvalue weighted by atomic mass is 79.9. The van der Waals surface area contributed by atoms with Crippen LogP contribution < -0.4 is 0 Å². The van der Waals surface area contributed by atoms with Crippen molar-refractivity contribution < 1.29 is 17.6 Å². The van der Waals surface area contributed by atoms with Crippen molar-refractivity contribution in [1.82, 2.24) is 4.90 Å². The Bertz CT molecular complexity index is 492. The van der Waals surface area contributed by atoms with Gasteiger partial charge < -0.3 is 0 Å². The first-order valence-electron chi connectivity index (χ1n) is 6.20. The van der Waals surface area contributed by atoms with Crippen LogP contribution >= 0.6 is 27.5 Å². The number of likely N-dealkylation sites (tertiary alicyclic amines) is 1. The van der Waals surface area contributed by atoms with E-state index in [-0.39, 0.29) is 19.5 Å². The molecule has 7 heteroatoms. The lowest BCUT2D eigenvalue weighted by Crippen LogP contribution is -2.41. The Kier molecular flexibility index (Phi) is 4.97. The highest BCUT2D eigenvalue weighted by Gasteiger charge is 2.41. The molecule has 1 aliphatic rings. The van der Waals surface area contributed by atoms with E-state index >= 15 is 0 Å². The zero-order valence-corrected chi connectivity index (χ0v) is 12.8. The van der Waals surface area contributed by atoms with Crippen LogP contribution in [0.15, 0.2) is 16.6 Å². The fourth-order valence-electron chi connectivity index (χ4n) is 2.39. The van der Waals surface area contributed by atoms with Gasteiger partial charge in [0.1, 0.15) is 5.82 Å². The summed E-state index contributed by atoms with van der Waals surface area (Å²) in [6, 6.07) is 2.70. The molecule has 0 saturated carbocycles. The Balaban J connectivity index is 2.08. The monoisotopic (exact) mass is 373 g/mol. The molecule has 1 atom stereocenters. The Morgan fingerprint density at radius 3 is 2.70 bits per heavy atom. The first-order chi connectivity index (χ1) is 9.27. The molecule has 0 bridgehead atoms. The summed E-state index contributed by atoms with van der Waals surface area (Å²) < 4.78 is 52.4. The lowest BCUT2D eigenvalue weighted by Gasteiger charge is -2.33. The van der Waals surface area contributed by atoms with Gasteiger partial charge in [-0.15, -0.1) is 0 Å². The van der Waals surface area contributed by atoms with Crippen LogP contribution in [-0.2, 0) is 6.54 Å². The molecule has 1 heterocycles. The van der Waals surface area contributed by atoms with Crippen molar-refractivity contribution >= 4 is 27.5 Å². The van der Waals surface area contributed by atoms with Gasteiger partial charge in [-0.3, -0.25) is 4.90 Å². The third kappa shape index (κ3) is 3.86. The van der Waals surface area contributed by atoms with Crippen molar-refractivity contribution in [1.29, 1.82) is 0 Å². The van der Waals surface area contributed by atoms with E-state index in [1.165, 1.54) is 12.1 Å². The molecule has 0 radical (unpaired) electrons. The highest BCUT2D eigenvalue weighted by molar-refractivity contribution is 9.10. The molecule has 1 nitrogen and oxygen atoms in total. The van der Waals surface area contributed by atoms with E-state index in [4.69, 9.17) is 11.6 Å². The topological polar surface area (TPSA) is 3.24 Å².